The molecule has 6 heteroatoms. The van der Waals surface area contributed by atoms with Crippen LogP contribution in [0.2, 0.25) is 0 Å². The van der Waals surface area contributed by atoms with Gasteiger partial charge >= 0.3 is 17.1 Å². The third kappa shape index (κ3) is 7.47. The zero-order valence-electron chi connectivity index (χ0n) is 20.2. The van der Waals surface area contributed by atoms with Crippen molar-refractivity contribution in [3.05, 3.63) is 66.3 Å². The highest BCUT2D eigenvalue weighted by Gasteiger charge is 2.19. The summed E-state index contributed by atoms with van der Waals surface area (Å²) in [4.78, 5) is 33.2. The molecule has 0 bridgehead atoms. The Balaban J connectivity index is 0.000000229. The first-order valence-electron chi connectivity index (χ1n) is 10.7. The molecular formula is C24H39N3O3. The van der Waals surface area contributed by atoms with Crippen LogP contribution in [-0.2, 0) is 21.1 Å². The lowest BCUT2D eigenvalue weighted by Gasteiger charge is -2.28. The number of hydrogen-bond donors (Lipinski definition) is 0. The molecule has 0 saturated heterocycles. The molecule has 0 atom stereocenters. The van der Waals surface area contributed by atoms with Crippen LogP contribution >= 0.6 is 0 Å². The fourth-order valence-electron chi connectivity index (χ4n) is 4.47. The molecule has 0 amide bonds. The topological polar surface area (TPSA) is 66.0 Å². The summed E-state index contributed by atoms with van der Waals surface area (Å²) >= 11 is 0. The van der Waals surface area contributed by atoms with Gasteiger partial charge in [0.05, 0.1) is 0 Å². The quantitative estimate of drug-likeness (QED) is 0.659. The van der Waals surface area contributed by atoms with Gasteiger partial charge in [0.1, 0.15) is 0 Å². The number of hydrogen-bond acceptors (Lipinski definition) is 3. The Kier molecular flexibility index (Phi) is 9.53. The molecule has 0 spiro atoms. The molecule has 0 aliphatic heterocycles. The van der Waals surface area contributed by atoms with E-state index in [2.05, 4.69) is 59.7 Å². The van der Waals surface area contributed by atoms with Gasteiger partial charge in [0.25, 0.3) is 0 Å². The smallest absolute Gasteiger partial charge is 0.248 e. The van der Waals surface area contributed by atoms with E-state index < -0.39 is 17.1 Å². The van der Waals surface area contributed by atoms with Crippen LogP contribution in [0.15, 0.2) is 32.6 Å². The van der Waals surface area contributed by atoms with Crippen molar-refractivity contribution < 1.29 is 0 Å². The second-order valence-electron chi connectivity index (χ2n) is 9.21. The summed E-state index contributed by atoms with van der Waals surface area (Å²) in [5, 5.41) is 0. The molecule has 1 aromatic heterocycles. The molecule has 2 aromatic rings. The predicted octanol–water partition coefficient (Wildman–Crippen LogP) is 3.47. The predicted molar refractivity (Wildman–Crippen MR) is 124 cm³/mol. The van der Waals surface area contributed by atoms with Crippen LogP contribution in [0.5, 0.6) is 0 Å². The van der Waals surface area contributed by atoms with Crippen LogP contribution < -0.4 is 17.1 Å². The zero-order chi connectivity index (χ0) is 23.2. The van der Waals surface area contributed by atoms with Crippen molar-refractivity contribution in [1.29, 1.82) is 0 Å². The average molecular weight is 418 g/mol. The highest BCUT2D eigenvalue weighted by Crippen LogP contribution is 2.31. The van der Waals surface area contributed by atoms with Gasteiger partial charge in [0, 0.05) is 21.1 Å². The van der Waals surface area contributed by atoms with E-state index in [1.54, 1.807) is 0 Å². The summed E-state index contributed by atoms with van der Waals surface area (Å²) in [5.41, 5.74) is 2.24. The average Bonchev–Trinajstić information content (AvgIpc) is 2.62. The lowest BCUT2D eigenvalue weighted by atomic mass is 9.78. The zero-order valence-corrected chi connectivity index (χ0v) is 20.2. The Morgan fingerprint density at radius 1 is 0.567 bits per heavy atom. The highest BCUT2D eigenvalue weighted by molar-refractivity contribution is 5.27. The fraction of sp³-hybridized carbons (Fsp3) is 0.625. The van der Waals surface area contributed by atoms with Crippen LogP contribution in [0.4, 0.5) is 0 Å². The molecule has 0 N–H and O–H groups in total. The number of aryl methyl sites for hydroxylation is 3. The SMILES string of the molecule is CC1CC(C)CC(C)C1.Cc1cc(C)cc(C)c1.Cn1c(=O)n(C)c(=O)n(C)c1=O. The molecule has 1 heterocycles. The Bertz CT molecular complexity index is 837. The lowest BCUT2D eigenvalue weighted by Crippen LogP contribution is -2.51. The van der Waals surface area contributed by atoms with Gasteiger partial charge in [0.15, 0.2) is 0 Å². The van der Waals surface area contributed by atoms with Crippen molar-refractivity contribution in [3.63, 3.8) is 0 Å². The van der Waals surface area contributed by atoms with Crippen LogP contribution in [0.25, 0.3) is 0 Å². The lowest BCUT2D eigenvalue weighted by molar-refractivity contribution is 0.233. The Morgan fingerprint density at radius 2 is 0.767 bits per heavy atom. The van der Waals surface area contributed by atoms with Crippen molar-refractivity contribution >= 4 is 0 Å². The van der Waals surface area contributed by atoms with E-state index >= 15 is 0 Å². The molecule has 0 radical (unpaired) electrons. The summed E-state index contributed by atoms with van der Waals surface area (Å²) in [7, 11) is 3.97. The monoisotopic (exact) mass is 417 g/mol. The Morgan fingerprint density at radius 3 is 0.967 bits per heavy atom. The van der Waals surface area contributed by atoms with Crippen LogP contribution in [0.1, 0.15) is 56.7 Å². The van der Waals surface area contributed by atoms with Gasteiger partial charge < -0.3 is 0 Å². The molecule has 1 aliphatic carbocycles. The minimum atomic E-state index is -0.608. The summed E-state index contributed by atoms with van der Waals surface area (Å²) < 4.78 is 2.63. The van der Waals surface area contributed by atoms with Gasteiger partial charge in [-0.3, -0.25) is 0 Å². The maximum Gasteiger partial charge on any atom is 0.335 e. The first-order chi connectivity index (χ1) is 13.8. The number of benzene rings is 1. The molecule has 0 unspecified atom stereocenters. The molecule has 30 heavy (non-hydrogen) atoms. The molecule has 6 nitrogen and oxygen atoms in total. The number of aromatic nitrogens is 3. The van der Waals surface area contributed by atoms with E-state index in [9.17, 15) is 14.4 Å². The molecule has 168 valence electrons. The van der Waals surface area contributed by atoms with Crippen molar-refractivity contribution in [2.45, 2.75) is 60.8 Å². The molecule has 1 aromatic carbocycles. The highest BCUT2D eigenvalue weighted by atomic mass is 16.2. The van der Waals surface area contributed by atoms with E-state index in [1.807, 2.05) is 0 Å². The minimum absolute atomic E-state index is 0.608. The van der Waals surface area contributed by atoms with Gasteiger partial charge in [-0.05, 0) is 57.8 Å². The standard InChI is InChI=1S/C9H18.C9H12.C6H9N3O3/c2*1-7-4-8(2)6-9(3)5-7;1-7-4(10)8(2)6(12)9(3)5(7)11/h7-9H,4-6H2,1-3H3;4-6H,1-3H3;1-3H3. The van der Waals surface area contributed by atoms with E-state index in [1.165, 1.54) is 57.1 Å². The number of rotatable bonds is 0. The normalized spacial score (nSPS) is 20.5. The Hall–Kier alpha value is -2.37. The van der Waals surface area contributed by atoms with E-state index in [-0.39, 0.29) is 0 Å². The van der Waals surface area contributed by atoms with Gasteiger partial charge in [-0.15, -0.1) is 0 Å². The first-order valence-corrected chi connectivity index (χ1v) is 10.7. The minimum Gasteiger partial charge on any atom is -0.248 e. The third-order valence-corrected chi connectivity index (χ3v) is 5.50. The van der Waals surface area contributed by atoms with Crippen LogP contribution in [-0.4, -0.2) is 13.7 Å². The van der Waals surface area contributed by atoms with E-state index in [4.69, 9.17) is 0 Å². The first kappa shape index (κ1) is 25.7. The third-order valence-electron chi connectivity index (χ3n) is 5.50. The van der Waals surface area contributed by atoms with Gasteiger partial charge in [-0.2, -0.15) is 0 Å². The number of nitrogens with zero attached hydrogens (tertiary/aromatic N) is 3. The second-order valence-corrected chi connectivity index (χ2v) is 9.21. The largest absolute Gasteiger partial charge is 0.335 e. The van der Waals surface area contributed by atoms with Crippen molar-refractivity contribution in [3.8, 4) is 0 Å². The van der Waals surface area contributed by atoms with Crippen molar-refractivity contribution in [2.24, 2.45) is 38.9 Å². The molecule has 1 aliphatic rings. The summed E-state index contributed by atoms with van der Waals surface area (Å²) in [6.07, 6.45) is 4.39. The second kappa shape index (κ2) is 11.1. The summed E-state index contributed by atoms with van der Waals surface area (Å²) in [6.45, 7) is 13.5. The van der Waals surface area contributed by atoms with Crippen LogP contribution in [0.3, 0.4) is 0 Å². The molecular weight excluding hydrogens is 378 g/mol. The van der Waals surface area contributed by atoms with Gasteiger partial charge in [-0.1, -0.05) is 55.7 Å². The summed E-state index contributed by atoms with van der Waals surface area (Å²) in [6, 6.07) is 6.56. The summed E-state index contributed by atoms with van der Waals surface area (Å²) in [5.74, 6) is 2.97. The van der Waals surface area contributed by atoms with Crippen molar-refractivity contribution in [2.75, 3.05) is 0 Å². The van der Waals surface area contributed by atoms with E-state index in [0.717, 1.165) is 31.5 Å². The maximum atomic E-state index is 11.1. The van der Waals surface area contributed by atoms with Crippen LogP contribution in [0, 0.1) is 38.5 Å². The van der Waals surface area contributed by atoms with E-state index in [0.29, 0.717) is 0 Å². The molecule has 1 fully saturated rings. The maximum absolute atomic E-state index is 11.1. The Labute approximate surface area is 180 Å². The van der Waals surface area contributed by atoms with Gasteiger partial charge in [-0.25, -0.2) is 28.1 Å². The molecule has 3 rings (SSSR count). The van der Waals surface area contributed by atoms with Gasteiger partial charge in [0.2, 0.25) is 0 Å². The molecule has 1 saturated carbocycles. The fourth-order valence-corrected chi connectivity index (χ4v) is 4.47. The van der Waals surface area contributed by atoms with Crippen molar-refractivity contribution in [1.82, 2.24) is 13.7 Å².